The van der Waals surface area contributed by atoms with Crippen molar-refractivity contribution >= 4 is 17.5 Å². The van der Waals surface area contributed by atoms with Gasteiger partial charge in [-0.2, -0.15) is 0 Å². The van der Waals surface area contributed by atoms with Crippen molar-refractivity contribution in [2.75, 3.05) is 6.61 Å². The molecule has 5 nitrogen and oxygen atoms in total. The summed E-state index contributed by atoms with van der Waals surface area (Å²) < 4.78 is 18.7. The Morgan fingerprint density at radius 1 is 1.42 bits per heavy atom. The van der Waals surface area contributed by atoms with Crippen molar-refractivity contribution in [2.45, 2.75) is 55.7 Å². The minimum Gasteiger partial charge on any atom is -0.484 e. The summed E-state index contributed by atoms with van der Waals surface area (Å²) in [4.78, 5) is 12.2. The Morgan fingerprint density at radius 3 is 2.67 bits per heavy atom. The number of ether oxygens (including phenoxy) is 1. The summed E-state index contributed by atoms with van der Waals surface area (Å²) >= 11 is 5.61. The summed E-state index contributed by atoms with van der Waals surface area (Å²) in [6.07, 6.45) is 3.24. The first kappa shape index (κ1) is 17.5. The third-order valence-corrected chi connectivity index (χ3v) is 5.83. The van der Waals surface area contributed by atoms with Gasteiger partial charge in [-0.15, -0.1) is 0 Å². The second-order valence-corrected chi connectivity index (χ2v) is 7.71. The van der Waals surface area contributed by atoms with E-state index < -0.39 is 22.5 Å². The molecule has 0 spiro atoms. The Balaban J connectivity index is 1.60. The molecular weight excluding hydrogens is 335 g/mol. The first-order valence-electron chi connectivity index (χ1n) is 8.05. The smallest absolute Gasteiger partial charge is 0.258 e. The van der Waals surface area contributed by atoms with E-state index >= 15 is 0 Å². The maximum Gasteiger partial charge on any atom is 0.258 e. The molecule has 3 fully saturated rings. The van der Waals surface area contributed by atoms with Crippen LogP contribution in [-0.4, -0.2) is 34.3 Å². The van der Waals surface area contributed by atoms with Crippen molar-refractivity contribution in [1.29, 1.82) is 0 Å². The normalized spacial score (nSPS) is 34.9. The predicted molar refractivity (Wildman–Crippen MR) is 88.4 cm³/mol. The Bertz CT molecular complexity index is 657. The second-order valence-electron chi connectivity index (χ2n) is 7.30. The molecule has 24 heavy (non-hydrogen) atoms. The number of rotatable bonds is 4. The average Bonchev–Trinajstić information content (AvgIpc) is 2.50. The molecule has 3 saturated carbocycles. The van der Waals surface area contributed by atoms with Gasteiger partial charge >= 0.3 is 0 Å². The minimum absolute atomic E-state index is 0.00241. The highest BCUT2D eigenvalue weighted by Gasteiger charge is 2.58. The molecule has 1 aromatic rings. The van der Waals surface area contributed by atoms with E-state index in [0.717, 1.165) is 18.9 Å². The summed E-state index contributed by atoms with van der Waals surface area (Å²) in [7, 11) is 0. The molecule has 0 radical (unpaired) electrons. The summed E-state index contributed by atoms with van der Waals surface area (Å²) in [5.74, 6) is -0.652. The van der Waals surface area contributed by atoms with E-state index in [9.17, 15) is 14.3 Å². The first-order chi connectivity index (χ1) is 11.1. The number of hydrogen-bond donors (Lipinski definition) is 3. The van der Waals surface area contributed by atoms with Crippen LogP contribution >= 0.6 is 11.6 Å². The fraction of sp³-hybridized carbons (Fsp3) is 0.588. The van der Waals surface area contributed by atoms with Crippen molar-refractivity contribution < 1.29 is 19.0 Å². The summed E-state index contributed by atoms with van der Waals surface area (Å²) in [6.45, 7) is 1.51. The Hall–Kier alpha value is -1.37. The number of benzene rings is 1. The lowest BCUT2D eigenvalue weighted by Crippen LogP contribution is -2.73. The highest BCUT2D eigenvalue weighted by molar-refractivity contribution is 6.30. The van der Waals surface area contributed by atoms with E-state index in [1.165, 1.54) is 12.1 Å². The standard InChI is InChI=1S/C17H22ClFN2O3/c1-15(23)10-16(4-6-17(15,20)7-5-16)21-14(22)9-24-11-2-3-12(18)13(19)8-11/h2-3,8,23H,4-7,9-10,20H2,1H3,(H,21,22). The van der Waals surface area contributed by atoms with E-state index in [-0.39, 0.29) is 23.3 Å². The third kappa shape index (κ3) is 3.10. The molecular formula is C17H22ClFN2O3. The van der Waals surface area contributed by atoms with Gasteiger partial charge in [-0.05, 0) is 44.7 Å². The van der Waals surface area contributed by atoms with Crippen LogP contribution in [0.3, 0.4) is 0 Å². The van der Waals surface area contributed by atoms with Gasteiger partial charge in [-0.25, -0.2) is 4.39 Å². The number of carbonyl (C=O) groups excluding carboxylic acids is 1. The number of aliphatic hydroxyl groups is 1. The van der Waals surface area contributed by atoms with Gasteiger partial charge in [0.15, 0.2) is 6.61 Å². The summed E-state index contributed by atoms with van der Waals surface area (Å²) in [5, 5.41) is 13.6. The number of nitrogens with two attached hydrogens (primary N) is 1. The Morgan fingerprint density at radius 2 is 2.08 bits per heavy atom. The van der Waals surface area contributed by atoms with E-state index in [2.05, 4.69) is 5.32 Å². The molecule has 0 aromatic heterocycles. The van der Waals surface area contributed by atoms with Crippen LogP contribution in [0.5, 0.6) is 5.75 Å². The van der Waals surface area contributed by atoms with E-state index in [1.54, 1.807) is 6.92 Å². The average molecular weight is 357 g/mol. The van der Waals surface area contributed by atoms with Crippen LogP contribution in [0, 0.1) is 5.82 Å². The maximum atomic E-state index is 13.4. The zero-order chi connectivity index (χ0) is 17.6. The molecule has 0 heterocycles. The van der Waals surface area contributed by atoms with E-state index in [1.807, 2.05) is 0 Å². The summed E-state index contributed by atoms with van der Waals surface area (Å²) in [5.41, 5.74) is 4.27. The van der Waals surface area contributed by atoms with Gasteiger partial charge in [0.05, 0.1) is 10.6 Å². The third-order valence-electron chi connectivity index (χ3n) is 5.52. The predicted octanol–water partition coefficient (Wildman–Crippen LogP) is 2.14. The molecule has 132 valence electrons. The number of fused-ring (bicyclic) bond motifs is 3. The molecule has 2 bridgehead atoms. The fourth-order valence-corrected chi connectivity index (χ4v) is 4.06. The lowest BCUT2D eigenvalue weighted by molar-refractivity contribution is -0.138. The number of amides is 1. The molecule has 1 aromatic carbocycles. The first-order valence-corrected chi connectivity index (χ1v) is 8.43. The molecule has 4 N–H and O–H groups in total. The molecule has 1 amide bonds. The van der Waals surface area contributed by atoms with Gasteiger partial charge in [-0.3, -0.25) is 4.79 Å². The van der Waals surface area contributed by atoms with Gasteiger partial charge in [0.2, 0.25) is 0 Å². The van der Waals surface area contributed by atoms with Gasteiger partial charge in [0.25, 0.3) is 5.91 Å². The fourth-order valence-electron chi connectivity index (χ4n) is 3.94. The maximum absolute atomic E-state index is 13.4. The van der Waals surface area contributed by atoms with Crippen LogP contribution in [0.4, 0.5) is 4.39 Å². The van der Waals surface area contributed by atoms with Crippen LogP contribution in [0.2, 0.25) is 5.02 Å². The van der Waals surface area contributed by atoms with Gasteiger partial charge in [0.1, 0.15) is 11.6 Å². The number of halogens is 2. The SMILES string of the molecule is CC1(O)CC2(NC(=O)COc3ccc(Cl)c(F)c3)CCC1(N)CC2. The lowest BCUT2D eigenvalue weighted by Gasteiger charge is -2.59. The number of carbonyl (C=O) groups is 1. The molecule has 0 aliphatic heterocycles. The van der Waals surface area contributed by atoms with E-state index in [0.29, 0.717) is 19.3 Å². The molecule has 3 aliphatic carbocycles. The molecule has 3 aliphatic rings. The van der Waals surface area contributed by atoms with Gasteiger partial charge in [-0.1, -0.05) is 11.6 Å². The van der Waals surface area contributed by atoms with Crippen LogP contribution in [0.25, 0.3) is 0 Å². The monoisotopic (exact) mass is 356 g/mol. The zero-order valence-electron chi connectivity index (χ0n) is 13.6. The van der Waals surface area contributed by atoms with E-state index in [4.69, 9.17) is 22.1 Å². The van der Waals surface area contributed by atoms with Gasteiger partial charge in [0, 0.05) is 23.6 Å². The topological polar surface area (TPSA) is 84.6 Å². The van der Waals surface area contributed by atoms with Crippen LogP contribution in [-0.2, 0) is 4.79 Å². The second kappa shape index (κ2) is 5.86. The molecule has 1 atom stereocenters. The van der Waals surface area contributed by atoms with Gasteiger partial charge < -0.3 is 20.9 Å². The molecule has 0 saturated heterocycles. The molecule has 7 heteroatoms. The van der Waals surface area contributed by atoms with Crippen molar-refractivity contribution in [2.24, 2.45) is 5.73 Å². The molecule has 1 unspecified atom stereocenters. The largest absolute Gasteiger partial charge is 0.484 e. The van der Waals surface area contributed by atoms with Crippen LogP contribution < -0.4 is 15.8 Å². The zero-order valence-corrected chi connectivity index (χ0v) is 14.3. The van der Waals surface area contributed by atoms with Crippen LogP contribution in [0.1, 0.15) is 39.0 Å². The van der Waals surface area contributed by atoms with Crippen molar-refractivity contribution in [3.63, 3.8) is 0 Å². The lowest BCUT2D eigenvalue weighted by atomic mass is 9.55. The van der Waals surface area contributed by atoms with Crippen molar-refractivity contribution in [3.8, 4) is 5.75 Å². The summed E-state index contributed by atoms with van der Waals surface area (Å²) in [6, 6.07) is 4.03. The minimum atomic E-state index is -1.00. The highest BCUT2D eigenvalue weighted by atomic mass is 35.5. The van der Waals surface area contributed by atoms with Crippen LogP contribution in [0.15, 0.2) is 18.2 Å². The Kier molecular flexibility index (Phi) is 4.26. The Labute approximate surface area is 145 Å². The highest BCUT2D eigenvalue weighted by Crippen LogP contribution is 2.50. The quantitative estimate of drug-likeness (QED) is 0.771. The van der Waals surface area contributed by atoms with Crippen molar-refractivity contribution in [3.05, 3.63) is 29.0 Å². The molecule has 4 rings (SSSR count). The number of nitrogens with one attached hydrogen (secondary N) is 1. The van der Waals surface area contributed by atoms with Crippen molar-refractivity contribution in [1.82, 2.24) is 5.32 Å². The number of hydrogen-bond acceptors (Lipinski definition) is 4.